The van der Waals surface area contributed by atoms with Crippen molar-refractivity contribution in [1.82, 2.24) is 0 Å². The standard InChI is InChI=1S/C16H13O/c17-11-16-14-7-3-1-5-12(14)9-10-13-6-2-4-8-15(13)16/h1-8,16H,9-10H2. The lowest BCUT2D eigenvalue weighted by Gasteiger charge is -2.12. The van der Waals surface area contributed by atoms with Gasteiger partial charge in [0.1, 0.15) is 0 Å². The molecule has 0 atom stereocenters. The molecule has 1 aliphatic rings. The van der Waals surface area contributed by atoms with E-state index in [4.69, 9.17) is 0 Å². The van der Waals surface area contributed by atoms with Crippen molar-refractivity contribution in [1.29, 1.82) is 0 Å². The fourth-order valence-corrected chi connectivity index (χ4v) is 2.65. The number of hydrogen-bond acceptors (Lipinski definition) is 1. The molecule has 2 aromatic carbocycles. The Hall–Kier alpha value is -1.89. The molecule has 1 heteroatoms. The van der Waals surface area contributed by atoms with E-state index in [1.807, 2.05) is 36.4 Å². The van der Waals surface area contributed by atoms with E-state index in [0.717, 1.165) is 24.0 Å². The first-order chi connectivity index (χ1) is 8.40. The highest BCUT2D eigenvalue weighted by Gasteiger charge is 2.22. The van der Waals surface area contributed by atoms with Gasteiger partial charge in [-0.25, -0.2) is 0 Å². The van der Waals surface area contributed by atoms with Gasteiger partial charge in [0.25, 0.3) is 0 Å². The predicted octanol–water partition coefficient (Wildman–Crippen LogP) is 3.03. The molecule has 0 N–H and O–H groups in total. The third kappa shape index (κ3) is 1.68. The van der Waals surface area contributed by atoms with E-state index in [1.165, 1.54) is 11.1 Å². The first kappa shape index (κ1) is 10.3. The molecule has 17 heavy (non-hydrogen) atoms. The summed E-state index contributed by atoms with van der Waals surface area (Å²) in [4.78, 5) is 11.3. The van der Waals surface area contributed by atoms with E-state index in [9.17, 15) is 4.79 Å². The normalized spacial score (nSPS) is 14.6. The molecule has 1 aliphatic carbocycles. The van der Waals surface area contributed by atoms with Crippen molar-refractivity contribution in [2.24, 2.45) is 0 Å². The van der Waals surface area contributed by atoms with Crippen molar-refractivity contribution >= 4 is 6.29 Å². The van der Waals surface area contributed by atoms with Crippen LogP contribution in [0.15, 0.2) is 48.5 Å². The van der Waals surface area contributed by atoms with E-state index in [2.05, 4.69) is 18.4 Å². The van der Waals surface area contributed by atoms with Crippen LogP contribution < -0.4 is 0 Å². The Labute approximate surface area is 101 Å². The summed E-state index contributed by atoms with van der Waals surface area (Å²) in [6.45, 7) is 0. The number of rotatable bonds is 1. The second kappa shape index (κ2) is 4.17. The molecule has 0 unspecified atom stereocenters. The van der Waals surface area contributed by atoms with Gasteiger partial charge < -0.3 is 0 Å². The van der Waals surface area contributed by atoms with Gasteiger partial charge in [0.15, 0.2) is 0 Å². The van der Waals surface area contributed by atoms with Crippen LogP contribution in [0, 0.1) is 0 Å². The van der Waals surface area contributed by atoms with Gasteiger partial charge in [-0.3, -0.25) is 4.79 Å². The summed E-state index contributed by atoms with van der Waals surface area (Å²) < 4.78 is 0. The summed E-state index contributed by atoms with van der Waals surface area (Å²) in [6.07, 6.45) is 4.22. The third-order valence-electron chi connectivity index (χ3n) is 3.51. The minimum absolute atomic E-state index is 0.218. The molecule has 0 saturated heterocycles. The summed E-state index contributed by atoms with van der Waals surface area (Å²) in [5.74, 6) is -0.218. The van der Waals surface area contributed by atoms with E-state index in [1.54, 1.807) is 0 Å². The Morgan fingerprint density at radius 2 is 1.29 bits per heavy atom. The van der Waals surface area contributed by atoms with Crippen molar-refractivity contribution < 1.29 is 4.79 Å². The summed E-state index contributed by atoms with van der Waals surface area (Å²) in [5.41, 5.74) is 4.79. The quantitative estimate of drug-likeness (QED) is 0.723. The highest BCUT2D eigenvalue weighted by molar-refractivity contribution is 5.71. The van der Waals surface area contributed by atoms with Crippen molar-refractivity contribution in [3.05, 3.63) is 70.8 Å². The minimum Gasteiger partial charge on any atom is -0.290 e. The molecular formula is C16H13O. The SMILES string of the molecule is O=[C]C1c2ccccc2CCc2ccccc21. The van der Waals surface area contributed by atoms with Crippen LogP contribution in [-0.2, 0) is 17.6 Å². The van der Waals surface area contributed by atoms with Gasteiger partial charge in [-0.15, -0.1) is 0 Å². The fraction of sp³-hybridized carbons (Fsp3) is 0.188. The minimum atomic E-state index is -0.218. The van der Waals surface area contributed by atoms with Crippen LogP contribution in [0.1, 0.15) is 28.2 Å². The van der Waals surface area contributed by atoms with Crippen LogP contribution in [0.25, 0.3) is 0 Å². The molecule has 0 saturated carbocycles. The van der Waals surface area contributed by atoms with Gasteiger partial charge in [0.2, 0.25) is 6.29 Å². The molecule has 3 rings (SSSR count). The summed E-state index contributed by atoms with van der Waals surface area (Å²) in [7, 11) is 0. The molecular weight excluding hydrogens is 208 g/mol. The monoisotopic (exact) mass is 221 g/mol. The second-order valence-corrected chi connectivity index (χ2v) is 4.45. The van der Waals surface area contributed by atoms with Crippen molar-refractivity contribution in [3.63, 3.8) is 0 Å². The van der Waals surface area contributed by atoms with Crippen LogP contribution in [-0.4, -0.2) is 6.29 Å². The van der Waals surface area contributed by atoms with E-state index in [-0.39, 0.29) is 5.92 Å². The third-order valence-corrected chi connectivity index (χ3v) is 3.51. The maximum atomic E-state index is 11.3. The first-order valence-corrected chi connectivity index (χ1v) is 5.93. The summed E-state index contributed by atoms with van der Waals surface area (Å²) in [6, 6.07) is 16.4. The van der Waals surface area contributed by atoms with Crippen LogP contribution >= 0.6 is 0 Å². The number of benzene rings is 2. The second-order valence-electron chi connectivity index (χ2n) is 4.45. The predicted molar refractivity (Wildman–Crippen MR) is 67.8 cm³/mol. The Morgan fingerprint density at radius 3 is 1.76 bits per heavy atom. The van der Waals surface area contributed by atoms with Crippen LogP contribution in [0.5, 0.6) is 0 Å². The molecule has 0 aliphatic heterocycles. The van der Waals surface area contributed by atoms with E-state index in [0.29, 0.717) is 0 Å². The molecule has 0 amide bonds. The largest absolute Gasteiger partial charge is 0.290 e. The van der Waals surface area contributed by atoms with Gasteiger partial charge in [0, 0.05) is 0 Å². The molecule has 1 nitrogen and oxygen atoms in total. The zero-order chi connectivity index (χ0) is 11.7. The molecule has 83 valence electrons. The average Bonchev–Trinajstić information content (AvgIpc) is 2.55. The summed E-state index contributed by atoms with van der Waals surface area (Å²) in [5, 5.41) is 0. The van der Waals surface area contributed by atoms with Crippen molar-refractivity contribution in [3.8, 4) is 0 Å². The molecule has 1 radical (unpaired) electrons. The zero-order valence-corrected chi connectivity index (χ0v) is 9.52. The molecule has 0 spiro atoms. The lowest BCUT2D eigenvalue weighted by Crippen LogP contribution is -2.04. The van der Waals surface area contributed by atoms with Gasteiger partial charge in [0.05, 0.1) is 5.92 Å². The Balaban J connectivity index is 2.22. The van der Waals surface area contributed by atoms with E-state index >= 15 is 0 Å². The zero-order valence-electron chi connectivity index (χ0n) is 9.52. The molecule has 0 bridgehead atoms. The maximum absolute atomic E-state index is 11.3. The van der Waals surface area contributed by atoms with Gasteiger partial charge in [-0.1, -0.05) is 48.5 Å². The molecule has 0 heterocycles. The Kier molecular flexibility index (Phi) is 2.52. The lowest BCUT2D eigenvalue weighted by molar-refractivity contribution is 0.549. The summed E-state index contributed by atoms with van der Waals surface area (Å²) >= 11 is 0. The number of carbonyl (C=O) groups excluding carboxylic acids is 1. The first-order valence-electron chi connectivity index (χ1n) is 5.93. The van der Waals surface area contributed by atoms with Crippen molar-refractivity contribution in [2.45, 2.75) is 18.8 Å². The van der Waals surface area contributed by atoms with Gasteiger partial charge in [-0.2, -0.15) is 0 Å². The molecule has 0 fully saturated rings. The lowest BCUT2D eigenvalue weighted by atomic mass is 9.89. The maximum Gasteiger partial charge on any atom is 0.211 e. The molecule has 2 aromatic rings. The smallest absolute Gasteiger partial charge is 0.211 e. The highest BCUT2D eigenvalue weighted by atomic mass is 16.1. The van der Waals surface area contributed by atoms with Gasteiger partial charge in [-0.05, 0) is 35.1 Å². The fourth-order valence-electron chi connectivity index (χ4n) is 2.65. The average molecular weight is 221 g/mol. The Bertz CT molecular complexity index is 509. The van der Waals surface area contributed by atoms with Crippen LogP contribution in [0.2, 0.25) is 0 Å². The highest BCUT2D eigenvalue weighted by Crippen LogP contribution is 2.32. The van der Waals surface area contributed by atoms with Crippen LogP contribution in [0.3, 0.4) is 0 Å². The Morgan fingerprint density at radius 1 is 0.824 bits per heavy atom. The van der Waals surface area contributed by atoms with E-state index < -0.39 is 0 Å². The number of aryl methyl sites for hydroxylation is 2. The number of fused-ring (bicyclic) bond motifs is 2. The van der Waals surface area contributed by atoms with Crippen molar-refractivity contribution in [2.75, 3.05) is 0 Å². The van der Waals surface area contributed by atoms with Gasteiger partial charge >= 0.3 is 0 Å². The molecule has 0 aromatic heterocycles. The van der Waals surface area contributed by atoms with Crippen LogP contribution in [0.4, 0.5) is 0 Å². The number of hydrogen-bond donors (Lipinski definition) is 0. The topological polar surface area (TPSA) is 17.1 Å².